The number of sulfonamides is 1. The van der Waals surface area contributed by atoms with Crippen LogP contribution >= 0.6 is 0 Å². The molecule has 2 aromatic carbocycles. The van der Waals surface area contributed by atoms with Gasteiger partial charge in [0.15, 0.2) is 0 Å². The second-order valence-corrected chi connectivity index (χ2v) is 7.63. The Balaban J connectivity index is 1.87. The molecule has 3 rings (SSSR count). The molecule has 9 nitrogen and oxygen atoms in total. The summed E-state index contributed by atoms with van der Waals surface area (Å²) < 4.78 is 40.6. The molecule has 0 bridgehead atoms. The molecule has 0 atom stereocenters. The third-order valence-electron chi connectivity index (χ3n) is 3.92. The number of carbonyl (C=O) groups is 2. The number of primary amides is 1. The molecule has 3 aromatic rings. The monoisotopic (exact) mass is 417 g/mol. The highest BCUT2D eigenvalue weighted by Crippen LogP contribution is 2.22. The van der Waals surface area contributed by atoms with E-state index in [0.717, 1.165) is 12.1 Å². The van der Waals surface area contributed by atoms with Gasteiger partial charge in [-0.3, -0.25) is 19.4 Å². The van der Waals surface area contributed by atoms with E-state index in [4.69, 9.17) is 5.73 Å². The van der Waals surface area contributed by atoms with Crippen molar-refractivity contribution >= 4 is 33.2 Å². The summed E-state index contributed by atoms with van der Waals surface area (Å²) in [6.45, 7) is 1.50. The Bertz CT molecular complexity index is 1170. The summed E-state index contributed by atoms with van der Waals surface area (Å²) in [6.07, 6.45) is 0. The molecule has 0 unspecified atom stereocenters. The molecule has 1 aromatic heterocycles. The highest BCUT2D eigenvalue weighted by atomic mass is 32.2. The first-order valence-corrected chi connectivity index (χ1v) is 9.70. The van der Waals surface area contributed by atoms with Gasteiger partial charge < -0.3 is 11.1 Å². The molecule has 5 N–H and O–H groups in total. The third kappa shape index (κ3) is 4.41. The van der Waals surface area contributed by atoms with Crippen molar-refractivity contribution in [2.45, 2.75) is 11.9 Å². The van der Waals surface area contributed by atoms with E-state index in [1.54, 1.807) is 0 Å². The summed E-state index contributed by atoms with van der Waals surface area (Å²) in [5.74, 6) is -1.86. The van der Waals surface area contributed by atoms with Crippen LogP contribution in [0, 0.1) is 12.7 Å². The zero-order valence-electron chi connectivity index (χ0n) is 15.1. The molecule has 1 heterocycles. The maximum Gasteiger partial charge on any atom is 0.282 e. The van der Waals surface area contributed by atoms with E-state index in [2.05, 4.69) is 20.2 Å². The Morgan fingerprint density at radius 2 is 1.62 bits per heavy atom. The number of hydrogen-bond donors (Lipinski definition) is 4. The Morgan fingerprint density at radius 1 is 1.03 bits per heavy atom. The van der Waals surface area contributed by atoms with Crippen molar-refractivity contribution in [1.29, 1.82) is 0 Å². The highest BCUT2D eigenvalue weighted by Gasteiger charge is 2.28. The predicted molar refractivity (Wildman–Crippen MR) is 103 cm³/mol. The Morgan fingerprint density at radius 3 is 2.21 bits per heavy atom. The van der Waals surface area contributed by atoms with Crippen LogP contribution in [-0.4, -0.2) is 30.4 Å². The van der Waals surface area contributed by atoms with Gasteiger partial charge in [0, 0.05) is 22.6 Å². The van der Waals surface area contributed by atoms with Crippen molar-refractivity contribution < 1.29 is 22.4 Å². The summed E-state index contributed by atoms with van der Waals surface area (Å²) >= 11 is 0. The second-order valence-electron chi connectivity index (χ2n) is 6.04. The lowest BCUT2D eigenvalue weighted by Crippen LogP contribution is -2.20. The number of anilines is 2. The van der Waals surface area contributed by atoms with Crippen LogP contribution in [0.5, 0.6) is 0 Å². The van der Waals surface area contributed by atoms with Crippen LogP contribution in [0.4, 0.5) is 15.8 Å². The number of carbonyl (C=O) groups excluding carboxylic acids is 2. The van der Waals surface area contributed by atoms with Crippen LogP contribution in [0.15, 0.2) is 53.6 Å². The molecule has 0 saturated carbocycles. The van der Waals surface area contributed by atoms with Crippen molar-refractivity contribution in [2.24, 2.45) is 5.73 Å². The molecule has 0 fully saturated rings. The first-order valence-electron chi connectivity index (χ1n) is 8.22. The number of amides is 2. The summed E-state index contributed by atoms with van der Waals surface area (Å²) in [5.41, 5.74) is 5.92. The van der Waals surface area contributed by atoms with Crippen molar-refractivity contribution in [3.8, 4) is 0 Å². The molecular weight excluding hydrogens is 401 g/mol. The standard InChI is InChI=1S/C18H16FN5O4S/c1-10-15(17(26)21-13-6-2-11(3-7-13)16(20)25)18(23-22-10)29(27,28)24-14-8-4-12(19)5-9-14/h2-9,24H,1H3,(H2,20,25)(H,21,26)(H,22,23). The quantitative estimate of drug-likeness (QED) is 0.484. The zero-order valence-corrected chi connectivity index (χ0v) is 15.9. The van der Waals surface area contributed by atoms with Crippen LogP contribution in [0.1, 0.15) is 26.4 Å². The average molecular weight is 417 g/mol. The number of aromatic amines is 1. The van der Waals surface area contributed by atoms with Gasteiger partial charge >= 0.3 is 0 Å². The summed E-state index contributed by atoms with van der Waals surface area (Å²) in [4.78, 5) is 23.8. The lowest BCUT2D eigenvalue weighted by molar-refractivity contribution is 0.0998. The molecule has 29 heavy (non-hydrogen) atoms. The number of H-pyrrole nitrogens is 1. The molecule has 11 heteroatoms. The van der Waals surface area contributed by atoms with Crippen molar-refractivity contribution in [3.05, 3.63) is 71.2 Å². The van der Waals surface area contributed by atoms with Crippen molar-refractivity contribution in [1.82, 2.24) is 10.2 Å². The number of hydrogen-bond acceptors (Lipinski definition) is 5. The number of halogens is 1. The lowest BCUT2D eigenvalue weighted by Gasteiger charge is -2.09. The second kappa shape index (κ2) is 7.72. The lowest BCUT2D eigenvalue weighted by atomic mass is 10.2. The van der Waals surface area contributed by atoms with E-state index in [9.17, 15) is 22.4 Å². The van der Waals surface area contributed by atoms with E-state index < -0.39 is 32.7 Å². The van der Waals surface area contributed by atoms with Gasteiger partial charge in [0.25, 0.3) is 15.9 Å². The highest BCUT2D eigenvalue weighted by molar-refractivity contribution is 7.92. The number of aryl methyl sites for hydroxylation is 1. The Labute approximate surface area is 165 Å². The number of rotatable bonds is 6. The number of aromatic nitrogens is 2. The maximum absolute atomic E-state index is 13.0. The fraction of sp³-hybridized carbons (Fsp3) is 0.0556. The first-order chi connectivity index (χ1) is 13.7. The molecule has 150 valence electrons. The van der Waals surface area contributed by atoms with E-state index in [1.807, 2.05) is 0 Å². The SMILES string of the molecule is Cc1[nH]nc(S(=O)(=O)Nc2ccc(F)cc2)c1C(=O)Nc1ccc(C(N)=O)cc1. The van der Waals surface area contributed by atoms with Gasteiger partial charge in [0.1, 0.15) is 11.4 Å². The molecule has 0 aliphatic heterocycles. The van der Waals surface area contributed by atoms with E-state index >= 15 is 0 Å². The van der Waals surface area contributed by atoms with E-state index in [1.165, 1.54) is 43.3 Å². The van der Waals surface area contributed by atoms with Gasteiger partial charge in [-0.25, -0.2) is 4.39 Å². The summed E-state index contributed by atoms with van der Waals surface area (Å²) in [6, 6.07) is 10.4. The normalized spacial score (nSPS) is 11.1. The van der Waals surface area contributed by atoms with Crippen molar-refractivity contribution in [3.63, 3.8) is 0 Å². The third-order valence-corrected chi connectivity index (χ3v) is 5.23. The Kier molecular flexibility index (Phi) is 5.33. The van der Waals surface area contributed by atoms with E-state index in [-0.39, 0.29) is 22.5 Å². The van der Waals surface area contributed by atoms with Crippen LogP contribution in [0.25, 0.3) is 0 Å². The molecule has 0 saturated heterocycles. The van der Waals surface area contributed by atoms with Crippen LogP contribution in [-0.2, 0) is 10.0 Å². The molecule has 0 spiro atoms. The van der Waals surface area contributed by atoms with Gasteiger partial charge in [-0.05, 0) is 55.5 Å². The number of benzene rings is 2. The van der Waals surface area contributed by atoms with Crippen LogP contribution < -0.4 is 15.8 Å². The number of nitrogens with two attached hydrogens (primary N) is 1. The molecule has 0 aliphatic rings. The summed E-state index contributed by atoms with van der Waals surface area (Å²) in [5, 5.41) is 8.24. The Hall–Kier alpha value is -3.73. The van der Waals surface area contributed by atoms with Gasteiger partial charge in [0.05, 0.1) is 0 Å². The van der Waals surface area contributed by atoms with Crippen molar-refractivity contribution in [2.75, 3.05) is 10.0 Å². The molecule has 0 radical (unpaired) electrons. The fourth-order valence-electron chi connectivity index (χ4n) is 2.50. The van der Waals surface area contributed by atoms with Gasteiger partial charge in [-0.1, -0.05) is 0 Å². The number of nitrogens with one attached hydrogen (secondary N) is 3. The maximum atomic E-state index is 13.0. The van der Waals surface area contributed by atoms with Crippen LogP contribution in [0.3, 0.4) is 0 Å². The number of nitrogens with zero attached hydrogens (tertiary/aromatic N) is 1. The van der Waals surface area contributed by atoms with Crippen LogP contribution in [0.2, 0.25) is 0 Å². The molecule has 0 aliphatic carbocycles. The molecular formula is C18H16FN5O4S. The van der Waals surface area contributed by atoms with Gasteiger partial charge in [0.2, 0.25) is 10.9 Å². The smallest absolute Gasteiger partial charge is 0.282 e. The summed E-state index contributed by atoms with van der Waals surface area (Å²) in [7, 11) is -4.23. The molecule has 2 amide bonds. The average Bonchev–Trinajstić information content (AvgIpc) is 3.06. The predicted octanol–water partition coefficient (Wildman–Crippen LogP) is 2.01. The fourth-order valence-corrected chi connectivity index (χ4v) is 3.72. The zero-order chi connectivity index (χ0) is 21.2. The minimum Gasteiger partial charge on any atom is -0.366 e. The van der Waals surface area contributed by atoms with Gasteiger partial charge in [-0.2, -0.15) is 13.5 Å². The largest absolute Gasteiger partial charge is 0.366 e. The minimum absolute atomic E-state index is 0.112. The minimum atomic E-state index is -4.23. The van der Waals surface area contributed by atoms with Gasteiger partial charge in [-0.15, -0.1) is 0 Å². The topological polar surface area (TPSA) is 147 Å². The first kappa shape index (κ1) is 20.0. The van der Waals surface area contributed by atoms with E-state index in [0.29, 0.717) is 5.69 Å².